The maximum Gasteiger partial charge on any atom is 0.294 e. The van der Waals surface area contributed by atoms with E-state index in [1.54, 1.807) is 6.07 Å². The summed E-state index contributed by atoms with van der Waals surface area (Å²) in [6.45, 7) is 1.47. The average molecular weight is 434 g/mol. The zero-order chi connectivity index (χ0) is 20.5. The van der Waals surface area contributed by atoms with E-state index in [-0.39, 0.29) is 26.2 Å². The topological polar surface area (TPSA) is 131 Å². The van der Waals surface area contributed by atoms with Crippen molar-refractivity contribution >= 4 is 44.9 Å². The molecule has 0 bridgehead atoms. The summed E-state index contributed by atoms with van der Waals surface area (Å²) in [4.78, 5) is 24.3. The number of sulfonamides is 1. The molecule has 0 aliphatic rings. The SMILES string of the molecule is CC(NC(=O)C(=O)c1cc(S(N)(=O)=O)cn1C)C(O)c1c(Cl)cccc1Cl. The van der Waals surface area contributed by atoms with E-state index in [4.69, 9.17) is 28.3 Å². The van der Waals surface area contributed by atoms with Crippen LogP contribution in [0.25, 0.3) is 0 Å². The van der Waals surface area contributed by atoms with Gasteiger partial charge in [-0.1, -0.05) is 29.3 Å². The molecule has 0 radical (unpaired) electrons. The van der Waals surface area contributed by atoms with Crippen LogP contribution in [0.3, 0.4) is 0 Å². The Morgan fingerprint density at radius 1 is 1.26 bits per heavy atom. The molecule has 0 aliphatic carbocycles. The summed E-state index contributed by atoms with van der Waals surface area (Å²) < 4.78 is 23.9. The number of hydrogen-bond acceptors (Lipinski definition) is 5. The van der Waals surface area contributed by atoms with Gasteiger partial charge in [-0.3, -0.25) is 9.59 Å². The van der Waals surface area contributed by atoms with Crippen molar-refractivity contribution in [1.82, 2.24) is 9.88 Å². The number of Topliss-reactive ketones (excluding diaryl/α,β-unsaturated/α-hetero) is 1. The van der Waals surface area contributed by atoms with Crippen LogP contribution in [-0.4, -0.2) is 35.8 Å². The van der Waals surface area contributed by atoms with Gasteiger partial charge in [0.25, 0.3) is 11.7 Å². The standard InChI is InChI=1S/C16H17Cl2N3O5S/c1-8(14(22)13-10(17)4-3-5-11(13)18)20-16(24)15(23)12-6-9(7-21(12)2)27(19,25)26/h3-8,14,22H,1-2H3,(H,20,24)(H2,19,25,26). The Kier molecular flexibility index (Phi) is 6.33. The third-order valence-electron chi connectivity index (χ3n) is 3.88. The minimum atomic E-state index is -4.02. The molecule has 1 aromatic heterocycles. The Bertz CT molecular complexity index is 983. The number of carbonyl (C=O) groups is 2. The number of rotatable bonds is 6. The highest BCUT2D eigenvalue weighted by molar-refractivity contribution is 7.89. The summed E-state index contributed by atoms with van der Waals surface area (Å²) in [6.07, 6.45) is -0.145. The van der Waals surface area contributed by atoms with Gasteiger partial charge in [0.15, 0.2) is 0 Å². The molecule has 146 valence electrons. The summed E-state index contributed by atoms with van der Waals surface area (Å²) in [5.74, 6) is -2.02. The van der Waals surface area contributed by atoms with Crippen molar-refractivity contribution in [2.45, 2.75) is 24.0 Å². The molecule has 0 aliphatic heterocycles. The molecule has 1 aromatic carbocycles. The number of aryl methyl sites for hydroxylation is 1. The number of nitrogens with two attached hydrogens (primary N) is 1. The van der Waals surface area contributed by atoms with Gasteiger partial charge in [-0.15, -0.1) is 0 Å². The van der Waals surface area contributed by atoms with Crippen molar-refractivity contribution < 1.29 is 23.1 Å². The van der Waals surface area contributed by atoms with Crippen molar-refractivity contribution in [1.29, 1.82) is 0 Å². The van der Waals surface area contributed by atoms with Crippen LogP contribution in [0.1, 0.15) is 29.1 Å². The zero-order valence-corrected chi connectivity index (χ0v) is 16.6. The Labute approximate surface area is 165 Å². The largest absolute Gasteiger partial charge is 0.386 e. The number of benzene rings is 1. The average Bonchev–Trinajstić information content (AvgIpc) is 2.95. The van der Waals surface area contributed by atoms with Gasteiger partial charge in [-0.25, -0.2) is 13.6 Å². The number of primary sulfonamides is 1. The van der Waals surface area contributed by atoms with Crippen molar-refractivity contribution in [3.63, 3.8) is 0 Å². The maximum atomic E-state index is 12.3. The first kappa shape index (κ1) is 21.4. The van der Waals surface area contributed by atoms with Crippen LogP contribution in [0.5, 0.6) is 0 Å². The quantitative estimate of drug-likeness (QED) is 0.467. The van der Waals surface area contributed by atoms with E-state index in [9.17, 15) is 23.1 Å². The van der Waals surface area contributed by atoms with Crippen molar-refractivity contribution in [2.24, 2.45) is 12.2 Å². The van der Waals surface area contributed by atoms with E-state index in [1.807, 2.05) is 0 Å². The lowest BCUT2D eigenvalue weighted by atomic mass is 10.0. The number of amides is 1. The van der Waals surface area contributed by atoms with Crippen molar-refractivity contribution in [3.05, 3.63) is 51.8 Å². The van der Waals surface area contributed by atoms with Crippen LogP contribution < -0.4 is 10.5 Å². The third kappa shape index (κ3) is 4.69. The Morgan fingerprint density at radius 2 is 1.81 bits per heavy atom. The number of hydrogen-bond donors (Lipinski definition) is 3. The van der Waals surface area contributed by atoms with Crippen LogP contribution in [0.4, 0.5) is 0 Å². The second-order valence-corrected chi connectivity index (χ2v) is 8.26. The van der Waals surface area contributed by atoms with Gasteiger partial charge in [0.05, 0.1) is 11.7 Å². The van der Waals surface area contributed by atoms with E-state index in [2.05, 4.69) is 5.32 Å². The van der Waals surface area contributed by atoms with Gasteiger partial charge in [0.2, 0.25) is 10.0 Å². The number of aliphatic hydroxyl groups is 1. The molecule has 11 heteroatoms. The molecule has 0 fully saturated rings. The number of halogens is 2. The summed E-state index contributed by atoms with van der Waals surface area (Å²) in [5, 5.41) is 18.2. The van der Waals surface area contributed by atoms with E-state index < -0.39 is 33.9 Å². The summed E-state index contributed by atoms with van der Waals surface area (Å²) in [5.41, 5.74) is 0.0467. The zero-order valence-electron chi connectivity index (χ0n) is 14.3. The minimum Gasteiger partial charge on any atom is -0.386 e. The fourth-order valence-corrected chi connectivity index (χ4v) is 3.63. The second-order valence-electron chi connectivity index (χ2n) is 5.89. The second kappa shape index (κ2) is 7.99. The number of aliphatic hydroxyl groups excluding tert-OH is 1. The molecule has 8 nitrogen and oxygen atoms in total. The molecular formula is C16H17Cl2N3O5S. The minimum absolute atomic E-state index is 0.172. The van der Waals surface area contributed by atoms with Crippen LogP contribution in [-0.2, 0) is 21.9 Å². The normalized spacial score (nSPS) is 13.9. The smallest absolute Gasteiger partial charge is 0.294 e. The molecule has 0 spiro atoms. The first-order chi connectivity index (χ1) is 12.4. The molecule has 2 unspecified atom stereocenters. The highest BCUT2D eigenvalue weighted by Crippen LogP contribution is 2.31. The summed E-state index contributed by atoms with van der Waals surface area (Å²) in [6, 6.07) is 4.77. The van der Waals surface area contributed by atoms with Gasteiger partial charge < -0.3 is 15.0 Å². The lowest BCUT2D eigenvalue weighted by Crippen LogP contribution is -2.41. The lowest BCUT2D eigenvalue weighted by molar-refractivity contribution is -0.118. The molecule has 1 amide bonds. The number of nitrogens with zero attached hydrogens (tertiary/aromatic N) is 1. The Morgan fingerprint density at radius 3 is 2.30 bits per heavy atom. The number of aromatic nitrogens is 1. The first-order valence-corrected chi connectivity index (χ1v) is 9.90. The Hall–Kier alpha value is -1.91. The fourth-order valence-electron chi connectivity index (χ4n) is 2.43. The Balaban J connectivity index is 2.19. The van der Waals surface area contributed by atoms with Gasteiger partial charge in [0, 0.05) is 28.9 Å². The van der Waals surface area contributed by atoms with E-state index >= 15 is 0 Å². The summed E-state index contributed by atoms with van der Waals surface area (Å²) in [7, 11) is -2.62. The van der Waals surface area contributed by atoms with Crippen molar-refractivity contribution in [2.75, 3.05) is 0 Å². The number of nitrogens with one attached hydrogen (secondary N) is 1. The van der Waals surface area contributed by atoms with Crippen LogP contribution in [0, 0.1) is 0 Å². The molecule has 4 N–H and O–H groups in total. The monoisotopic (exact) mass is 433 g/mol. The molecule has 0 saturated heterocycles. The van der Waals surface area contributed by atoms with Crippen molar-refractivity contribution in [3.8, 4) is 0 Å². The molecule has 1 heterocycles. The summed E-state index contributed by atoms with van der Waals surface area (Å²) >= 11 is 12.1. The fraction of sp³-hybridized carbons (Fsp3) is 0.250. The maximum absolute atomic E-state index is 12.3. The molecule has 2 atom stereocenters. The van der Waals surface area contributed by atoms with Crippen LogP contribution >= 0.6 is 23.2 Å². The van der Waals surface area contributed by atoms with Gasteiger partial charge >= 0.3 is 0 Å². The first-order valence-electron chi connectivity index (χ1n) is 7.59. The predicted molar refractivity (Wildman–Crippen MR) is 100 cm³/mol. The van der Waals surface area contributed by atoms with Gasteiger partial charge in [0.1, 0.15) is 11.0 Å². The highest BCUT2D eigenvalue weighted by atomic mass is 35.5. The third-order valence-corrected chi connectivity index (χ3v) is 5.41. The van der Waals surface area contributed by atoms with E-state index in [0.29, 0.717) is 0 Å². The highest BCUT2D eigenvalue weighted by Gasteiger charge is 2.28. The molecule has 27 heavy (non-hydrogen) atoms. The van der Waals surface area contributed by atoms with Crippen LogP contribution in [0.15, 0.2) is 35.4 Å². The molecule has 2 rings (SSSR count). The van der Waals surface area contributed by atoms with Crippen LogP contribution in [0.2, 0.25) is 10.0 Å². The number of carbonyl (C=O) groups excluding carboxylic acids is 2. The molecular weight excluding hydrogens is 417 g/mol. The molecule has 0 saturated carbocycles. The van der Waals surface area contributed by atoms with Gasteiger partial charge in [-0.05, 0) is 25.1 Å². The lowest BCUT2D eigenvalue weighted by Gasteiger charge is -2.22. The van der Waals surface area contributed by atoms with E-state index in [0.717, 1.165) is 12.3 Å². The predicted octanol–water partition coefficient (Wildman–Crippen LogP) is 1.40. The number of ketones is 1. The molecule has 2 aromatic rings. The van der Waals surface area contributed by atoms with E-state index in [1.165, 1.54) is 30.7 Å². The van der Waals surface area contributed by atoms with Gasteiger partial charge in [-0.2, -0.15) is 0 Å².